The molecule has 3 rings (SSSR count). The first kappa shape index (κ1) is 19.7. The number of benzene rings is 2. The summed E-state index contributed by atoms with van der Waals surface area (Å²) in [5, 5.41) is 9.39. The van der Waals surface area contributed by atoms with Gasteiger partial charge in [0.05, 0.1) is 19.4 Å². The van der Waals surface area contributed by atoms with Crippen molar-refractivity contribution in [2.75, 3.05) is 7.11 Å². The third kappa shape index (κ3) is 4.64. The summed E-state index contributed by atoms with van der Waals surface area (Å²) in [6, 6.07) is 10.8. The molecule has 0 saturated carbocycles. The quantitative estimate of drug-likeness (QED) is 0.464. The van der Waals surface area contributed by atoms with Crippen molar-refractivity contribution < 1.29 is 32.9 Å². The van der Waals surface area contributed by atoms with Crippen LogP contribution in [-0.4, -0.2) is 28.2 Å². The Kier molecular flexibility index (Phi) is 5.98. The van der Waals surface area contributed by atoms with E-state index in [1.54, 1.807) is 12.1 Å². The molecule has 0 atom stereocenters. The van der Waals surface area contributed by atoms with Gasteiger partial charge in [0, 0.05) is 5.56 Å². The molecule has 148 valence electrons. The summed E-state index contributed by atoms with van der Waals surface area (Å²) in [5.74, 6) is -3.65. The van der Waals surface area contributed by atoms with Gasteiger partial charge in [-0.1, -0.05) is 24.3 Å². The first-order valence-electron chi connectivity index (χ1n) is 8.17. The molecule has 0 saturated heterocycles. The molecular formula is C20H14F2N2O5. The average molecular weight is 400 g/mol. The lowest BCUT2D eigenvalue weighted by Crippen LogP contribution is -2.03. The predicted octanol–water partition coefficient (Wildman–Crippen LogP) is 4.41. The fourth-order valence-corrected chi connectivity index (χ4v) is 2.36. The molecule has 1 N–H and O–H groups in total. The summed E-state index contributed by atoms with van der Waals surface area (Å²) in [5.41, 5.74) is 0.102. The van der Waals surface area contributed by atoms with Gasteiger partial charge in [0.1, 0.15) is 17.6 Å². The molecular weight excluding hydrogens is 386 g/mol. The molecule has 1 heterocycles. The molecule has 0 aliphatic heterocycles. The molecule has 0 aliphatic rings. The van der Waals surface area contributed by atoms with Crippen molar-refractivity contribution in [1.82, 2.24) is 9.97 Å². The lowest BCUT2D eigenvalue weighted by atomic mass is 10.1. The van der Waals surface area contributed by atoms with Gasteiger partial charge in [-0.05, 0) is 18.2 Å². The van der Waals surface area contributed by atoms with E-state index >= 15 is 0 Å². The van der Waals surface area contributed by atoms with E-state index in [9.17, 15) is 18.7 Å². The number of halogens is 2. The van der Waals surface area contributed by atoms with Crippen LogP contribution in [0.1, 0.15) is 5.56 Å². The Labute approximate surface area is 163 Å². The highest BCUT2D eigenvalue weighted by molar-refractivity contribution is 6.15. The Morgan fingerprint density at radius 3 is 2.31 bits per heavy atom. The minimum atomic E-state index is -1.22. The Hall–Kier alpha value is -4.01. The van der Waals surface area contributed by atoms with Gasteiger partial charge in [0.2, 0.25) is 17.5 Å². The Balaban J connectivity index is 1.90. The van der Waals surface area contributed by atoms with Gasteiger partial charge in [0.25, 0.3) is 0 Å². The zero-order valence-corrected chi connectivity index (χ0v) is 15.0. The van der Waals surface area contributed by atoms with Crippen LogP contribution in [0, 0.1) is 11.6 Å². The second-order valence-corrected chi connectivity index (χ2v) is 5.52. The highest BCUT2D eigenvalue weighted by Crippen LogP contribution is 2.32. The molecule has 2 aromatic carbocycles. The zero-order valence-electron chi connectivity index (χ0n) is 15.0. The maximum absolute atomic E-state index is 13.8. The number of carboxylic acid groups (broad SMARTS) is 1. The van der Waals surface area contributed by atoms with Crippen LogP contribution >= 0.6 is 0 Å². The molecule has 0 unspecified atom stereocenters. The van der Waals surface area contributed by atoms with Crippen LogP contribution in [0.25, 0.3) is 5.57 Å². The third-order valence-electron chi connectivity index (χ3n) is 3.60. The SMILES string of the molecule is CO/C=C(/C(=O)O)c1ccccc1Oc1cc(Oc2c(F)cccc2F)ncn1. The number of carbonyl (C=O) groups is 1. The second kappa shape index (κ2) is 8.79. The molecule has 0 aliphatic carbocycles. The number of hydrogen-bond acceptors (Lipinski definition) is 6. The van der Waals surface area contributed by atoms with Crippen molar-refractivity contribution >= 4 is 11.5 Å². The van der Waals surface area contributed by atoms with Gasteiger partial charge in [-0.25, -0.2) is 23.5 Å². The molecule has 0 radical (unpaired) electrons. The van der Waals surface area contributed by atoms with Crippen LogP contribution in [0.2, 0.25) is 0 Å². The lowest BCUT2D eigenvalue weighted by Gasteiger charge is -2.12. The van der Waals surface area contributed by atoms with E-state index in [0.717, 1.165) is 24.7 Å². The van der Waals surface area contributed by atoms with Crippen LogP contribution in [0.15, 0.2) is 61.1 Å². The highest BCUT2D eigenvalue weighted by Gasteiger charge is 2.17. The molecule has 3 aromatic rings. The molecule has 0 fully saturated rings. The number of aromatic nitrogens is 2. The fourth-order valence-electron chi connectivity index (χ4n) is 2.36. The van der Waals surface area contributed by atoms with Crippen LogP contribution < -0.4 is 9.47 Å². The van der Waals surface area contributed by atoms with Crippen molar-refractivity contribution in [1.29, 1.82) is 0 Å². The van der Waals surface area contributed by atoms with Gasteiger partial charge < -0.3 is 19.3 Å². The molecule has 29 heavy (non-hydrogen) atoms. The molecule has 0 spiro atoms. The molecule has 9 heteroatoms. The van der Waals surface area contributed by atoms with Crippen molar-refractivity contribution in [3.63, 3.8) is 0 Å². The minimum absolute atomic E-state index is 0.0265. The van der Waals surface area contributed by atoms with Gasteiger partial charge in [0.15, 0.2) is 11.6 Å². The lowest BCUT2D eigenvalue weighted by molar-refractivity contribution is -0.130. The number of aliphatic carboxylic acids is 1. The maximum Gasteiger partial charge on any atom is 0.339 e. The number of ether oxygens (including phenoxy) is 3. The smallest absolute Gasteiger partial charge is 0.339 e. The summed E-state index contributed by atoms with van der Waals surface area (Å²) >= 11 is 0. The van der Waals surface area contributed by atoms with E-state index in [4.69, 9.17) is 14.2 Å². The Morgan fingerprint density at radius 2 is 1.66 bits per heavy atom. The maximum atomic E-state index is 13.8. The standard InChI is InChI=1S/C20H14F2N2O5/c1-27-10-13(20(25)26)12-5-2-3-8-16(12)28-17-9-18(24-11-23-17)29-19-14(21)6-4-7-15(19)22/h2-11H,1H3,(H,25,26)/b13-10+. The zero-order chi connectivity index (χ0) is 20.8. The van der Waals surface area contributed by atoms with Crippen molar-refractivity contribution in [3.05, 3.63) is 78.3 Å². The van der Waals surface area contributed by atoms with Crippen molar-refractivity contribution in [2.24, 2.45) is 0 Å². The summed E-state index contributed by atoms with van der Waals surface area (Å²) < 4.78 is 43.2. The molecule has 7 nitrogen and oxygen atoms in total. The molecule has 0 amide bonds. The van der Waals surface area contributed by atoms with E-state index in [0.29, 0.717) is 0 Å². The summed E-state index contributed by atoms with van der Waals surface area (Å²) in [6.07, 6.45) is 2.15. The monoisotopic (exact) mass is 400 g/mol. The number of carboxylic acids is 1. The van der Waals surface area contributed by atoms with Crippen LogP contribution in [-0.2, 0) is 9.53 Å². The number of hydrogen-bond donors (Lipinski definition) is 1. The topological polar surface area (TPSA) is 90.8 Å². The predicted molar refractivity (Wildman–Crippen MR) is 97.6 cm³/mol. The number of methoxy groups -OCH3 is 1. The average Bonchev–Trinajstić information content (AvgIpc) is 2.70. The van der Waals surface area contributed by atoms with Crippen molar-refractivity contribution in [3.8, 4) is 23.3 Å². The number of rotatable bonds is 7. The van der Waals surface area contributed by atoms with E-state index in [1.807, 2.05) is 0 Å². The Bertz CT molecular complexity index is 1050. The summed E-state index contributed by atoms with van der Waals surface area (Å²) in [6.45, 7) is 0. The summed E-state index contributed by atoms with van der Waals surface area (Å²) in [7, 11) is 1.32. The van der Waals surface area contributed by atoms with Gasteiger partial charge in [-0.3, -0.25) is 0 Å². The second-order valence-electron chi connectivity index (χ2n) is 5.52. The first-order chi connectivity index (χ1) is 14.0. The van der Waals surface area contributed by atoms with Gasteiger partial charge >= 0.3 is 5.97 Å². The minimum Gasteiger partial charge on any atom is -0.503 e. The largest absolute Gasteiger partial charge is 0.503 e. The van der Waals surface area contributed by atoms with Crippen LogP contribution in [0.3, 0.4) is 0 Å². The summed E-state index contributed by atoms with van der Waals surface area (Å²) in [4.78, 5) is 19.2. The fraction of sp³-hybridized carbons (Fsp3) is 0.0500. The number of nitrogens with zero attached hydrogens (tertiary/aromatic N) is 2. The van der Waals surface area contributed by atoms with E-state index in [-0.39, 0.29) is 28.6 Å². The highest BCUT2D eigenvalue weighted by atomic mass is 19.1. The van der Waals surface area contributed by atoms with E-state index < -0.39 is 23.4 Å². The van der Waals surface area contributed by atoms with Crippen LogP contribution in [0.5, 0.6) is 23.3 Å². The first-order valence-corrected chi connectivity index (χ1v) is 8.17. The third-order valence-corrected chi connectivity index (χ3v) is 3.60. The van der Waals surface area contributed by atoms with E-state index in [1.165, 1.54) is 31.4 Å². The van der Waals surface area contributed by atoms with E-state index in [2.05, 4.69) is 9.97 Å². The Morgan fingerprint density at radius 1 is 1.00 bits per heavy atom. The van der Waals surface area contributed by atoms with Crippen molar-refractivity contribution in [2.45, 2.75) is 0 Å². The molecule has 0 bridgehead atoms. The van der Waals surface area contributed by atoms with Crippen LogP contribution in [0.4, 0.5) is 8.78 Å². The molecule has 1 aromatic heterocycles. The number of para-hydroxylation sites is 2. The van der Waals surface area contributed by atoms with Gasteiger partial charge in [-0.15, -0.1) is 0 Å². The van der Waals surface area contributed by atoms with Gasteiger partial charge in [-0.2, -0.15) is 0 Å². The normalized spacial score (nSPS) is 11.1.